The summed E-state index contributed by atoms with van der Waals surface area (Å²) in [6, 6.07) is 8.40. The van der Waals surface area contributed by atoms with E-state index in [1.165, 1.54) is 20.3 Å². The Morgan fingerprint density at radius 3 is 2.46 bits per heavy atom. The highest BCUT2D eigenvalue weighted by molar-refractivity contribution is 5.92. The molecule has 3 aromatic rings. The van der Waals surface area contributed by atoms with Crippen molar-refractivity contribution in [1.29, 1.82) is 0 Å². The van der Waals surface area contributed by atoms with Crippen LogP contribution in [0.2, 0.25) is 0 Å². The zero-order chi connectivity index (χ0) is 28.1. The molecule has 0 fully saturated rings. The molecule has 2 aromatic carbocycles. The number of carboxylic acid groups (broad SMARTS) is 2. The normalized spacial score (nSPS) is 12.5. The Labute approximate surface area is 225 Å². The molecule has 206 valence electrons. The number of benzene rings is 2. The number of ether oxygens (including phenoxy) is 5. The van der Waals surface area contributed by atoms with Crippen molar-refractivity contribution in [2.75, 3.05) is 27.6 Å². The Balaban J connectivity index is 1.82. The number of carbonyl (C=O) groups is 2. The van der Waals surface area contributed by atoms with Gasteiger partial charge in [0.25, 0.3) is 0 Å². The van der Waals surface area contributed by atoms with Gasteiger partial charge in [0.2, 0.25) is 6.79 Å². The lowest BCUT2D eigenvalue weighted by atomic mass is 10.0. The smallest absolute Gasteiger partial charge is 0.341 e. The SMILES string of the molecule is COc1ccc(-n2c(C=C(Cc3cc4c(cc3OC)OCO4)C(=O)O)cnc2CC(C)C)c(OCC(=O)O)c1. The van der Waals surface area contributed by atoms with E-state index in [1.807, 2.05) is 13.8 Å². The first kappa shape index (κ1) is 27.4. The van der Waals surface area contributed by atoms with Gasteiger partial charge in [-0.3, -0.25) is 4.57 Å². The van der Waals surface area contributed by atoms with E-state index in [-0.39, 0.29) is 30.5 Å². The summed E-state index contributed by atoms with van der Waals surface area (Å²) in [5.74, 6) is 0.882. The molecule has 0 unspecified atom stereocenters. The summed E-state index contributed by atoms with van der Waals surface area (Å²) < 4.78 is 29.0. The second-order valence-electron chi connectivity index (χ2n) is 9.22. The van der Waals surface area contributed by atoms with Crippen LogP contribution in [0.5, 0.6) is 28.7 Å². The molecule has 0 atom stereocenters. The van der Waals surface area contributed by atoms with Crippen LogP contribution in [0.4, 0.5) is 0 Å². The van der Waals surface area contributed by atoms with Crippen molar-refractivity contribution in [3.05, 3.63) is 59.2 Å². The molecule has 0 spiro atoms. The van der Waals surface area contributed by atoms with Gasteiger partial charge in [0.15, 0.2) is 18.1 Å². The fraction of sp³-hybridized carbons (Fsp3) is 0.321. The molecule has 0 bridgehead atoms. The van der Waals surface area contributed by atoms with Crippen LogP contribution >= 0.6 is 0 Å². The summed E-state index contributed by atoms with van der Waals surface area (Å²) in [7, 11) is 3.00. The number of nitrogens with zero attached hydrogens (tertiary/aromatic N) is 2. The van der Waals surface area contributed by atoms with E-state index in [2.05, 4.69) is 4.98 Å². The molecular weight excluding hydrogens is 508 g/mol. The lowest BCUT2D eigenvalue weighted by molar-refractivity contribution is -0.139. The number of carboxylic acids is 2. The van der Waals surface area contributed by atoms with E-state index >= 15 is 0 Å². The summed E-state index contributed by atoms with van der Waals surface area (Å²) in [5, 5.41) is 19.3. The number of aliphatic carboxylic acids is 2. The summed E-state index contributed by atoms with van der Waals surface area (Å²) >= 11 is 0. The third-order valence-corrected chi connectivity index (χ3v) is 5.97. The Morgan fingerprint density at radius 1 is 1.08 bits per heavy atom. The molecule has 0 saturated heterocycles. The minimum Gasteiger partial charge on any atom is -0.497 e. The van der Waals surface area contributed by atoms with Gasteiger partial charge in [-0.15, -0.1) is 0 Å². The minimum atomic E-state index is -1.14. The first-order valence-corrected chi connectivity index (χ1v) is 12.2. The molecule has 11 heteroatoms. The first-order chi connectivity index (χ1) is 18.7. The predicted molar refractivity (Wildman–Crippen MR) is 140 cm³/mol. The number of imidazole rings is 1. The van der Waals surface area contributed by atoms with E-state index in [4.69, 9.17) is 23.7 Å². The molecule has 1 aromatic heterocycles. The van der Waals surface area contributed by atoms with Crippen molar-refractivity contribution in [3.8, 4) is 34.4 Å². The van der Waals surface area contributed by atoms with Crippen molar-refractivity contribution >= 4 is 18.0 Å². The van der Waals surface area contributed by atoms with Gasteiger partial charge >= 0.3 is 11.9 Å². The van der Waals surface area contributed by atoms with Crippen LogP contribution in [0.15, 0.2) is 42.1 Å². The van der Waals surface area contributed by atoms with Crippen LogP contribution in [0, 0.1) is 5.92 Å². The van der Waals surface area contributed by atoms with Crippen LogP contribution < -0.4 is 23.7 Å². The summed E-state index contributed by atoms with van der Waals surface area (Å²) in [4.78, 5) is 28.2. The molecule has 0 aliphatic carbocycles. The molecule has 1 aliphatic heterocycles. The number of fused-ring (bicyclic) bond motifs is 1. The average molecular weight is 539 g/mol. The van der Waals surface area contributed by atoms with Crippen molar-refractivity contribution < 1.29 is 43.5 Å². The molecule has 1 aliphatic rings. The monoisotopic (exact) mass is 538 g/mol. The van der Waals surface area contributed by atoms with Gasteiger partial charge in [0, 0.05) is 36.1 Å². The van der Waals surface area contributed by atoms with Crippen molar-refractivity contribution in [2.45, 2.75) is 26.7 Å². The maximum atomic E-state index is 12.4. The van der Waals surface area contributed by atoms with Crippen molar-refractivity contribution in [1.82, 2.24) is 9.55 Å². The second kappa shape index (κ2) is 11.8. The second-order valence-corrected chi connectivity index (χ2v) is 9.22. The van der Waals surface area contributed by atoms with Gasteiger partial charge in [-0.2, -0.15) is 0 Å². The van der Waals surface area contributed by atoms with E-state index in [0.29, 0.717) is 52.2 Å². The van der Waals surface area contributed by atoms with Crippen LogP contribution in [0.25, 0.3) is 11.8 Å². The van der Waals surface area contributed by atoms with Crippen LogP contribution in [-0.4, -0.2) is 59.3 Å². The summed E-state index contributed by atoms with van der Waals surface area (Å²) in [5.41, 5.74) is 1.67. The van der Waals surface area contributed by atoms with E-state index in [1.54, 1.807) is 41.1 Å². The van der Waals surface area contributed by atoms with Crippen LogP contribution in [-0.2, 0) is 22.4 Å². The molecule has 2 heterocycles. The quantitative estimate of drug-likeness (QED) is 0.326. The summed E-state index contributed by atoms with van der Waals surface area (Å²) in [6.07, 6.45) is 3.73. The lowest BCUT2D eigenvalue weighted by Gasteiger charge is -2.17. The third kappa shape index (κ3) is 6.25. The highest BCUT2D eigenvalue weighted by atomic mass is 16.7. The highest BCUT2D eigenvalue weighted by Gasteiger charge is 2.22. The summed E-state index contributed by atoms with van der Waals surface area (Å²) in [6.45, 7) is 3.59. The van der Waals surface area contributed by atoms with Gasteiger partial charge in [-0.1, -0.05) is 13.8 Å². The van der Waals surface area contributed by atoms with Gasteiger partial charge in [-0.25, -0.2) is 14.6 Å². The Hall–Kier alpha value is -4.67. The number of hydrogen-bond donors (Lipinski definition) is 2. The molecule has 0 saturated carbocycles. The number of aromatic nitrogens is 2. The fourth-order valence-electron chi connectivity index (χ4n) is 4.22. The zero-order valence-electron chi connectivity index (χ0n) is 22.1. The average Bonchev–Trinajstić information content (AvgIpc) is 3.52. The van der Waals surface area contributed by atoms with E-state index < -0.39 is 18.5 Å². The molecule has 11 nitrogen and oxygen atoms in total. The van der Waals surface area contributed by atoms with E-state index in [9.17, 15) is 19.8 Å². The van der Waals surface area contributed by atoms with Gasteiger partial charge in [0.1, 0.15) is 23.1 Å². The Morgan fingerprint density at radius 2 is 1.82 bits per heavy atom. The van der Waals surface area contributed by atoms with Crippen LogP contribution in [0.1, 0.15) is 30.9 Å². The lowest BCUT2D eigenvalue weighted by Crippen LogP contribution is -2.13. The maximum Gasteiger partial charge on any atom is 0.341 e. The zero-order valence-corrected chi connectivity index (χ0v) is 22.1. The van der Waals surface area contributed by atoms with Gasteiger partial charge < -0.3 is 33.9 Å². The number of hydrogen-bond acceptors (Lipinski definition) is 8. The van der Waals surface area contributed by atoms with Gasteiger partial charge in [0.05, 0.1) is 31.8 Å². The highest BCUT2D eigenvalue weighted by Crippen LogP contribution is 2.39. The molecule has 2 N–H and O–H groups in total. The third-order valence-electron chi connectivity index (χ3n) is 5.97. The van der Waals surface area contributed by atoms with Crippen molar-refractivity contribution in [2.24, 2.45) is 5.92 Å². The van der Waals surface area contributed by atoms with Crippen molar-refractivity contribution in [3.63, 3.8) is 0 Å². The number of methoxy groups -OCH3 is 2. The standard InChI is InChI=1S/C28H30N2O9/c1-16(2)7-26-29-13-19(30(26)21-6-5-20(35-3)11-23(21)37-14-27(31)32)9-18(28(33)34)8-17-10-24-25(39-15-38-24)12-22(17)36-4/h5-6,9-13,16H,7-8,14-15H2,1-4H3,(H,31,32)(H,33,34). The first-order valence-electron chi connectivity index (χ1n) is 12.2. The fourth-order valence-corrected chi connectivity index (χ4v) is 4.22. The predicted octanol–water partition coefficient (Wildman–Crippen LogP) is 3.99. The topological polar surface area (TPSA) is 139 Å². The Kier molecular flexibility index (Phi) is 8.28. The molecule has 4 rings (SSSR count). The van der Waals surface area contributed by atoms with E-state index in [0.717, 1.165) is 0 Å². The maximum absolute atomic E-state index is 12.4. The molecule has 39 heavy (non-hydrogen) atoms. The van der Waals surface area contributed by atoms with Crippen LogP contribution in [0.3, 0.4) is 0 Å². The molecule has 0 amide bonds. The van der Waals surface area contributed by atoms with Gasteiger partial charge in [-0.05, 0) is 30.2 Å². The molecular formula is C28H30N2O9. The Bertz CT molecular complexity index is 1410. The molecule has 0 radical (unpaired) electrons. The largest absolute Gasteiger partial charge is 0.497 e. The minimum absolute atomic E-state index is 0.0326. The number of rotatable bonds is 12.